The minimum absolute atomic E-state index is 0.0174. The number of nitrogens with zero attached hydrogens (tertiary/aromatic N) is 2. The van der Waals surface area contributed by atoms with Crippen molar-refractivity contribution in [3.8, 4) is 6.07 Å². The monoisotopic (exact) mass is 153 g/mol. The Labute approximate surface area is 65.6 Å². The van der Waals surface area contributed by atoms with Crippen molar-refractivity contribution < 1.29 is 4.79 Å². The highest BCUT2D eigenvalue weighted by molar-refractivity contribution is 5.72. The molecular weight excluding hydrogens is 142 g/mol. The summed E-state index contributed by atoms with van der Waals surface area (Å²) in [5, 5.41) is 8.56. The number of carbonyl (C=O) groups excluding carboxylic acids is 1. The minimum Gasteiger partial charge on any atom is -0.351 e. The number of amides is 2. The lowest BCUT2D eigenvalue weighted by atomic mass is 10.0. The number of carbonyl (C=O) groups is 1. The Balaban J connectivity index is 2.47. The van der Waals surface area contributed by atoms with E-state index < -0.39 is 6.03 Å². The third-order valence-electron chi connectivity index (χ3n) is 1.92. The molecule has 60 valence electrons. The van der Waals surface area contributed by atoms with Crippen LogP contribution in [0, 0.1) is 17.2 Å². The summed E-state index contributed by atoms with van der Waals surface area (Å²) < 4.78 is 0. The predicted molar refractivity (Wildman–Crippen MR) is 39.5 cm³/mol. The number of urea groups is 1. The highest BCUT2D eigenvalue weighted by atomic mass is 16.2. The van der Waals surface area contributed by atoms with Crippen LogP contribution in [0.25, 0.3) is 0 Å². The second-order valence-electron chi connectivity index (χ2n) is 2.75. The summed E-state index contributed by atoms with van der Waals surface area (Å²) in [5.74, 6) is -0.0174. The summed E-state index contributed by atoms with van der Waals surface area (Å²) in [5.41, 5.74) is 5.06. The first-order valence-electron chi connectivity index (χ1n) is 3.68. The van der Waals surface area contributed by atoms with Crippen LogP contribution in [0.2, 0.25) is 0 Å². The van der Waals surface area contributed by atoms with E-state index in [4.69, 9.17) is 11.0 Å². The summed E-state index contributed by atoms with van der Waals surface area (Å²) >= 11 is 0. The first-order chi connectivity index (χ1) is 5.24. The minimum atomic E-state index is -0.412. The van der Waals surface area contributed by atoms with Gasteiger partial charge in [0.05, 0.1) is 12.0 Å². The molecule has 0 spiro atoms. The van der Waals surface area contributed by atoms with Crippen LogP contribution < -0.4 is 5.73 Å². The predicted octanol–water partition coefficient (Wildman–Crippen LogP) is 0.301. The fourth-order valence-corrected chi connectivity index (χ4v) is 1.28. The number of primary amides is 1. The van der Waals surface area contributed by atoms with Crippen molar-refractivity contribution >= 4 is 6.03 Å². The maximum atomic E-state index is 10.7. The first-order valence-corrected chi connectivity index (χ1v) is 3.68. The van der Waals surface area contributed by atoms with Crippen molar-refractivity contribution in [2.75, 3.05) is 13.1 Å². The Morgan fingerprint density at radius 3 is 3.00 bits per heavy atom. The normalized spacial score (nSPS) is 24.3. The van der Waals surface area contributed by atoms with Gasteiger partial charge in [0, 0.05) is 13.1 Å². The van der Waals surface area contributed by atoms with Crippen LogP contribution >= 0.6 is 0 Å². The van der Waals surface area contributed by atoms with Gasteiger partial charge in [0.1, 0.15) is 0 Å². The Morgan fingerprint density at radius 1 is 1.73 bits per heavy atom. The lowest BCUT2D eigenvalue weighted by molar-refractivity contribution is 0.185. The lowest BCUT2D eigenvalue weighted by Gasteiger charge is -2.27. The van der Waals surface area contributed by atoms with Gasteiger partial charge in [0.25, 0.3) is 0 Å². The number of nitriles is 1. The molecule has 1 aliphatic rings. The van der Waals surface area contributed by atoms with Gasteiger partial charge in [-0.05, 0) is 12.8 Å². The molecule has 0 radical (unpaired) electrons. The van der Waals surface area contributed by atoms with Crippen molar-refractivity contribution in [2.45, 2.75) is 12.8 Å². The molecule has 0 aromatic heterocycles. The largest absolute Gasteiger partial charge is 0.351 e. The van der Waals surface area contributed by atoms with E-state index >= 15 is 0 Å². The third-order valence-corrected chi connectivity index (χ3v) is 1.92. The zero-order valence-electron chi connectivity index (χ0n) is 6.29. The van der Waals surface area contributed by atoms with E-state index in [0.29, 0.717) is 13.1 Å². The van der Waals surface area contributed by atoms with Gasteiger partial charge in [-0.3, -0.25) is 0 Å². The van der Waals surface area contributed by atoms with Crippen molar-refractivity contribution in [1.82, 2.24) is 4.90 Å². The zero-order valence-corrected chi connectivity index (χ0v) is 6.29. The molecule has 1 rings (SSSR count). The van der Waals surface area contributed by atoms with Gasteiger partial charge >= 0.3 is 6.03 Å². The van der Waals surface area contributed by atoms with Crippen LogP contribution in [0.1, 0.15) is 12.8 Å². The smallest absolute Gasteiger partial charge is 0.314 e. The Morgan fingerprint density at radius 2 is 2.45 bits per heavy atom. The molecule has 1 atom stereocenters. The highest BCUT2D eigenvalue weighted by Crippen LogP contribution is 2.14. The quantitative estimate of drug-likeness (QED) is 0.543. The highest BCUT2D eigenvalue weighted by Gasteiger charge is 2.21. The molecule has 2 amide bonds. The van der Waals surface area contributed by atoms with Crippen LogP contribution in [0.4, 0.5) is 4.79 Å². The number of likely N-dealkylation sites (tertiary alicyclic amines) is 1. The molecule has 2 N–H and O–H groups in total. The average Bonchev–Trinajstić information content (AvgIpc) is 2.05. The molecule has 1 aliphatic heterocycles. The Kier molecular flexibility index (Phi) is 2.32. The van der Waals surface area contributed by atoms with E-state index in [0.717, 1.165) is 12.8 Å². The van der Waals surface area contributed by atoms with Gasteiger partial charge in [0.2, 0.25) is 0 Å². The van der Waals surface area contributed by atoms with E-state index in [1.54, 1.807) is 0 Å². The Hall–Kier alpha value is -1.24. The van der Waals surface area contributed by atoms with Gasteiger partial charge in [0.15, 0.2) is 0 Å². The molecule has 1 saturated heterocycles. The van der Waals surface area contributed by atoms with Crippen LogP contribution in [0.15, 0.2) is 0 Å². The molecule has 0 aromatic carbocycles. The average molecular weight is 153 g/mol. The number of hydrogen-bond acceptors (Lipinski definition) is 2. The summed E-state index contributed by atoms with van der Waals surface area (Å²) in [4.78, 5) is 12.2. The fourth-order valence-electron chi connectivity index (χ4n) is 1.28. The van der Waals surface area contributed by atoms with Crippen molar-refractivity contribution in [2.24, 2.45) is 11.7 Å². The summed E-state index contributed by atoms with van der Waals surface area (Å²) in [7, 11) is 0. The van der Waals surface area contributed by atoms with Gasteiger partial charge in [-0.25, -0.2) is 4.79 Å². The van der Waals surface area contributed by atoms with Gasteiger partial charge in [-0.2, -0.15) is 5.26 Å². The molecular formula is C7H11N3O. The Bertz CT molecular complexity index is 196. The van der Waals surface area contributed by atoms with Gasteiger partial charge < -0.3 is 10.6 Å². The van der Waals surface area contributed by atoms with E-state index in [2.05, 4.69) is 6.07 Å². The summed E-state index contributed by atoms with van der Waals surface area (Å²) in [6.45, 7) is 1.21. The van der Waals surface area contributed by atoms with Crippen molar-refractivity contribution in [3.05, 3.63) is 0 Å². The van der Waals surface area contributed by atoms with E-state index in [1.165, 1.54) is 4.90 Å². The molecule has 4 heteroatoms. The maximum Gasteiger partial charge on any atom is 0.314 e. The van der Waals surface area contributed by atoms with Gasteiger partial charge in [-0.1, -0.05) is 0 Å². The van der Waals surface area contributed by atoms with E-state index in [9.17, 15) is 4.79 Å². The molecule has 1 unspecified atom stereocenters. The number of piperidine rings is 1. The first kappa shape index (κ1) is 7.86. The second kappa shape index (κ2) is 3.24. The zero-order chi connectivity index (χ0) is 8.27. The molecule has 0 aliphatic carbocycles. The number of nitrogens with two attached hydrogens (primary N) is 1. The van der Waals surface area contributed by atoms with Crippen LogP contribution in [-0.4, -0.2) is 24.0 Å². The maximum absolute atomic E-state index is 10.7. The van der Waals surface area contributed by atoms with Crippen LogP contribution in [0.5, 0.6) is 0 Å². The standard InChI is InChI=1S/C7H11N3O/c8-4-6-2-1-3-10(5-6)7(9)11/h6H,1-3,5H2,(H2,9,11). The second-order valence-corrected chi connectivity index (χ2v) is 2.75. The molecule has 11 heavy (non-hydrogen) atoms. The van der Waals surface area contributed by atoms with Crippen molar-refractivity contribution in [3.63, 3.8) is 0 Å². The molecule has 1 fully saturated rings. The van der Waals surface area contributed by atoms with E-state index in [-0.39, 0.29) is 5.92 Å². The SMILES string of the molecule is N#CC1CCCN(C(N)=O)C1. The third kappa shape index (κ3) is 1.84. The number of rotatable bonds is 0. The van der Waals surface area contributed by atoms with Crippen LogP contribution in [0.3, 0.4) is 0 Å². The number of hydrogen-bond donors (Lipinski definition) is 1. The van der Waals surface area contributed by atoms with E-state index in [1.807, 2.05) is 0 Å². The molecule has 4 nitrogen and oxygen atoms in total. The summed E-state index contributed by atoms with van der Waals surface area (Å²) in [6, 6.07) is 1.73. The molecule has 1 heterocycles. The van der Waals surface area contributed by atoms with Crippen LogP contribution in [-0.2, 0) is 0 Å². The molecule has 0 saturated carbocycles. The molecule has 0 bridgehead atoms. The molecule has 0 aromatic rings. The van der Waals surface area contributed by atoms with Gasteiger partial charge in [-0.15, -0.1) is 0 Å². The topological polar surface area (TPSA) is 70.1 Å². The lowest BCUT2D eigenvalue weighted by Crippen LogP contribution is -2.42. The fraction of sp³-hybridized carbons (Fsp3) is 0.714. The van der Waals surface area contributed by atoms with Crippen molar-refractivity contribution in [1.29, 1.82) is 5.26 Å². The summed E-state index contributed by atoms with van der Waals surface area (Å²) in [6.07, 6.45) is 1.78.